The van der Waals surface area contributed by atoms with Gasteiger partial charge < -0.3 is 10.2 Å². The van der Waals surface area contributed by atoms with E-state index in [0.717, 1.165) is 72.8 Å². The minimum atomic E-state index is -0.113. The molecule has 4 aromatic rings. The molecule has 2 aromatic carbocycles. The van der Waals surface area contributed by atoms with Crippen LogP contribution in [0.4, 0.5) is 10.1 Å². The summed E-state index contributed by atoms with van der Waals surface area (Å²) >= 11 is 0. The first-order valence-corrected chi connectivity index (χ1v) is 15.4. The van der Waals surface area contributed by atoms with Gasteiger partial charge in [0.2, 0.25) is 5.91 Å². The number of fused-ring (bicyclic) bond motifs is 1. The Balaban J connectivity index is 1.10. The molecule has 0 spiro atoms. The van der Waals surface area contributed by atoms with Crippen molar-refractivity contribution in [3.05, 3.63) is 94.6 Å². The van der Waals surface area contributed by atoms with Crippen LogP contribution in [0.3, 0.4) is 0 Å². The van der Waals surface area contributed by atoms with Gasteiger partial charge in [-0.15, -0.1) is 0 Å². The number of aryl methyl sites for hydroxylation is 2. The number of benzene rings is 2. The summed E-state index contributed by atoms with van der Waals surface area (Å²) in [5.74, 6) is 1.71. The smallest absolute Gasteiger partial charge is 0.222 e. The molecule has 1 amide bonds. The second-order valence-electron chi connectivity index (χ2n) is 12.3. The van der Waals surface area contributed by atoms with Crippen LogP contribution < -0.4 is 5.32 Å². The van der Waals surface area contributed by atoms with Crippen molar-refractivity contribution < 1.29 is 9.18 Å². The quantitative estimate of drug-likeness (QED) is 0.256. The number of likely N-dealkylation sites (tertiary alicyclic amines) is 1. The lowest BCUT2D eigenvalue weighted by Gasteiger charge is -2.33. The molecule has 216 valence electrons. The molecule has 0 radical (unpaired) electrons. The SMILES string of the molecule is Cc1c(NC2CCc3cccc(-c4cccc(-n5nccc5C)n4)c32)ccc(C2CCN(C(=O)CC3CC3)CC2)c1F. The number of halogens is 1. The second-order valence-corrected chi connectivity index (χ2v) is 12.3. The zero-order valence-electron chi connectivity index (χ0n) is 24.4. The summed E-state index contributed by atoms with van der Waals surface area (Å²) in [5, 5.41) is 8.14. The van der Waals surface area contributed by atoms with Crippen molar-refractivity contribution >= 4 is 11.6 Å². The van der Waals surface area contributed by atoms with Crippen LogP contribution in [0, 0.1) is 25.6 Å². The molecule has 2 fully saturated rings. The third kappa shape index (κ3) is 5.10. The van der Waals surface area contributed by atoms with E-state index in [4.69, 9.17) is 4.98 Å². The van der Waals surface area contributed by atoms with Gasteiger partial charge in [0, 0.05) is 48.2 Å². The van der Waals surface area contributed by atoms with Gasteiger partial charge in [-0.1, -0.05) is 30.3 Å². The van der Waals surface area contributed by atoms with E-state index in [-0.39, 0.29) is 23.7 Å². The van der Waals surface area contributed by atoms with Crippen molar-refractivity contribution in [2.45, 2.75) is 70.8 Å². The Labute approximate surface area is 247 Å². The lowest BCUT2D eigenvalue weighted by atomic mass is 9.87. The number of anilines is 1. The molecule has 2 aromatic heterocycles. The predicted octanol–water partition coefficient (Wildman–Crippen LogP) is 7.30. The molecule has 3 aliphatic rings. The summed E-state index contributed by atoms with van der Waals surface area (Å²) in [4.78, 5) is 19.5. The highest BCUT2D eigenvalue weighted by atomic mass is 19.1. The Morgan fingerprint density at radius 2 is 1.79 bits per heavy atom. The largest absolute Gasteiger partial charge is 0.378 e. The number of carbonyl (C=O) groups excluding carboxylic acids is 1. The van der Waals surface area contributed by atoms with Crippen molar-refractivity contribution in [2.75, 3.05) is 18.4 Å². The summed E-state index contributed by atoms with van der Waals surface area (Å²) in [6.45, 7) is 5.36. The Kier molecular flexibility index (Phi) is 7.04. The average molecular weight is 564 g/mol. The fraction of sp³-hybridized carbons (Fsp3) is 0.400. The highest BCUT2D eigenvalue weighted by molar-refractivity contribution is 5.77. The lowest BCUT2D eigenvalue weighted by molar-refractivity contribution is -0.132. The van der Waals surface area contributed by atoms with E-state index >= 15 is 4.39 Å². The molecular weight excluding hydrogens is 525 g/mol. The average Bonchev–Trinajstić information content (AvgIpc) is 3.57. The molecule has 2 aliphatic carbocycles. The molecule has 3 heterocycles. The van der Waals surface area contributed by atoms with Gasteiger partial charge in [0.25, 0.3) is 0 Å². The molecule has 1 saturated heterocycles. The maximum atomic E-state index is 15.9. The van der Waals surface area contributed by atoms with E-state index in [1.54, 1.807) is 6.20 Å². The number of nitrogens with one attached hydrogen (secondary N) is 1. The Morgan fingerprint density at radius 3 is 2.55 bits per heavy atom. The number of nitrogens with zero attached hydrogens (tertiary/aromatic N) is 4. The van der Waals surface area contributed by atoms with E-state index < -0.39 is 0 Å². The zero-order chi connectivity index (χ0) is 28.8. The number of amides is 1. The van der Waals surface area contributed by atoms with Gasteiger partial charge in [0.1, 0.15) is 5.82 Å². The summed E-state index contributed by atoms with van der Waals surface area (Å²) in [7, 11) is 0. The van der Waals surface area contributed by atoms with Crippen LogP contribution in [0.15, 0.2) is 60.8 Å². The summed E-state index contributed by atoms with van der Waals surface area (Å²) in [6.07, 6.45) is 8.42. The minimum absolute atomic E-state index is 0.0674. The molecule has 1 unspecified atom stereocenters. The van der Waals surface area contributed by atoms with Crippen LogP contribution in [0.2, 0.25) is 0 Å². The number of aromatic nitrogens is 3. The zero-order valence-corrected chi connectivity index (χ0v) is 24.4. The van der Waals surface area contributed by atoms with Crippen LogP contribution in [-0.4, -0.2) is 38.7 Å². The monoisotopic (exact) mass is 563 g/mol. The molecule has 1 atom stereocenters. The third-order valence-corrected chi connectivity index (χ3v) is 9.50. The van der Waals surface area contributed by atoms with Crippen molar-refractivity contribution in [1.29, 1.82) is 0 Å². The molecule has 1 aliphatic heterocycles. The first-order valence-electron chi connectivity index (χ1n) is 15.4. The van der Waals surface area contributed by atoms with Gasteiger partial charge in [-0.3, -0.25) is 4.79 Å². The molecule has 7 heteroatoms. The molecule has 0 bridgehead atoms. The summed E-state index contributed by atoms with van der Waals surface area (Å²) in [6, 6.07) is 18.6. The molecule has 42 heavy (non-hydrogen) atoms. The van der Waals surface area contributed by atoms with Gasteiger partial charge in [-0.05, 0) is 105 Å². The van der Waals surface area contributed by atoms with Crippen LogP contribution in [0.25, 0.3) is 17.1 Å². The Bertz CT molecular complexity index is 1630. The molecular formula is C35H38FN5O. The van der Waals surface area contributed by atoms with E-state index in [2.05, 4.69) is 40.7 Å². The summed E-state index contributed by atoms with van der Waals surface area (Å²) < 4.78 is 17.7. The Morgan fingerprint density at radius 1 is 0.976 bits per heavy atom. The van der Waals surface area contributed by atoms with Crippen molar-refractivity contribution in [3.63, 3.8) is 0 Å². The normalized spacial score (nSPS) is 18.7. The highest BCUT2D eigenvalue weighted by Gasteiger charge is 2.31. The topological polar surface area (TPSA) is 63.1 Å². The minimum Gasteiger partial charge on any atom is -0.378 e. The number of carbonyl (C=O) groups is 1. The van der Waals surface area contributed by atoms with E-state index in [1.807, 2.05) is 47.7 Å². The van der Waals surface area contributed by atoms with Crippen molar-refractivity contribution in [1.82, 2.24) is 19.7 Å². The van der Waals surface area contributed by atoms with Crippen LogP contribution >= 0.6 is 0 Å². The second kappa shape index (κ2) is 11.0. The van der Waals surface area contributed by atoms with Gasteiger partial charge in [-0.2, -0.15) is 5.10 Å². The van der Waals surface area contributed by atoms with Crippen LogP contribution in [0.1, 0.15) is 78.4 Å². The number of rotatable bonds is 7. The fourth-order valence-electron chi connectivity index (χ4n) is 6.86. The van der Waals surface area contributed by atoms with E-state index in [1.165, 1.54) is 24.0 Å². The first kappa shape index (κ1) is 26.9. The summed E-state index contributed by atoms with van der Waals surface area (Å²) in [5.41, 5.74) is 7.90. The lowest BCUT2D eigenvalue weighted by Crippen LogP contribution is -2.38. The maximum absolute atomic E-state index is 15.9. The Hall–Kier alpha value is -4.00. The molecule has 1 saturated carbocycles. The number of hydrogen-bond acceptors (Lipinski definition) is 4. The third-order valence-electron chi connectivity index (χ3n) is 9.50. The predicted molar refractivity (Wildman–Crippen MR) is 163 cm³/mol. The van der Waals surface area contributed by atoms with E-state index in [9.17, 15) is 4.79 Å². The molecule has 1 N–H and O–H groups in total. The number of hydrogen-bond donors (Lipinski definition) is 1. The number of piperidine rings is 1. The number of pyridine rings is 1. The molecule has 6 nitrogen and oxygen atoms in total. The first-order chi connectivity index (χ1) is 20.5. The van der Waals surface area contributed by atoms with Crippen molar-refractivity contribution in [3.8, 4) is 17.1 Å². The van der Waals surface area contributed by atoms with E-state index in [0.29, 0.717) is 17.9 Å². The van der Waals surface area contributed by atoms with Gasteiger partial charge in [0.15, 0.2) is 5.82 Å². The van der Waals surface area contributed by atoms with Gasteiger partial charge >= 0.3 is 0 Å². The molecule has 7 rings (SSSR count). The fourth-order valence-corrected chi connectivity index (χ4v) is 6.86. The van der Waals surface area contributed by atoms with Crippen LogP contribution in [-0.2, 0) is 11.2 Å². The van der Waals surface area contributed by atoms with Gasteiger partial charge in [0.05, 0.1) is 11.7 Å². The highest BCUT2D eigenvalue weighted by Crippen LogP contribution is 2.42. The standard InChI is InChI=1S/C35H38FN5O/c1-22-15-18-37-41(22)32-8-4-7-30(39-32)28-6-3-5-26-11-13-31(34(26)28)38-29-14-12-27(35(36)23(29)2)25-16-19-40(20-17-25)33(42)21-24-9-10-24/h3-8,12,14-15,18,24-25,31,38H,9-11,13,16-17,19-21H2,1-2H3. The van der Waals surface area contributed by atoms with Crippen molar-refractivity contribution in [2.24, 2.45) is 5.92 Å². The maximum Gasteiger partial charge on any atom is 0.222 e. The van der Waals surface area contributed by atoms with Crippen LogP contribution in [0.5, 0.6) is 0 Å². The van der Waals surface area contributed by atoms with Gasteiger partial charge in [-0.25, -0.2) is 14.1 Å².